The van der Waals surface area contributed by atoms with Gasteiger partial charge in [0.1, 0.15) is 5.82 Å². The average Bonchev–Trinajstić information content (AvgIpc) is 2.86. The quantitative estimate of drug-likeness (QED) is 0.378. The molecule has 3 N–H and O–H groups in total. The molecule has 0 aliphatic carbocycles. The predicted molar refractivity (Wildman–Crippen MR) is 76.7 cm³/mol. The largest absolute Gasteiger partial charge is 0.409 e. The highest BCUT2D eigenvalue weighted by Gasteiger charge is 2.28. The van der Waals surface area contributed by atoms with Gasteiger partial charge in [-0.25, -0.2) is 4.98 Å². The van der Waals surface area contributed by atoms with Crippen LogP contribution >= 0.6 is 0 Å². The van der Waals surface area contributed by atoms with Crippen molar-refractivity contribution >= 4 is 11.7 Å². The Balaban J connectivity index is 2.37. The van der Waals surface area contributed by atoms with Gasteiger partial charge in [0.15, 0.2) is 5.84 Å². The van der Waals surface area contributed by atoms with Crippen LogP contribution in [-0.4, -0.2) is 28.6 Å². The number of pyridine rings is 1. The van der Waals surface area contributed by atoms with Crippen molar-refractivity contribution in [3.05, 3.63) is 23.4 Å². The van der Waals surface area contributed by atoms with Crippen molar-refractivity contribution in [2.45, 2.75) is 39.7 Å². The summed E-state index contributed by atoms with van der Waals surface area (Å²) in [6.45, 7) is 7.43. The fourth-order valence-corrected chi connectivity index (χ4v) is 2.77. The molecule has 5 nitrogen and oxygen atoms in total. The Morgan fingerprint density at radius 2 is 2.26 bits per heavy atom. The summed E-state index contributed by atoms with van der Waals surface area (Å²) in [4.78, 5) is 6.94. The Kier molecular flexibility index (Phi) is 3.93. The minimum absolute atomic E-state index is 0.132. The van der Waals surface area contributed by atoms with Gasteiger partial charge in [0.05, 0.1) is 0 Å². The van der Waals surface area contributed by atoms with Gasteiger partial charge in [-0.15, -0.1) is 0 Å². The molecule has 1 fully saturated rings. The van der Waals surface area contributed by atoms with E-state index in [4.69, 9.17) is 10.9 Å². The van der Waals surface area contributed by atoms with Crippen LogP contribution in [0.5, 0.6) is 0 Å². The number of aryl methyl sites for hydroxylation is 1. The standard InChI is InChI=1S/C14H22N4O/c1-9(2)12-5-4-6-18(12)13-8-11(14(15)17-19)7-10(3)16-13/h7-9,12,19H,4-6H2,1-3H3,(H2,15,17). The van der Waals surface area contributed by atoms with Crippen molar-refractivity contribution in [3.63, 3.8) is 0 Å². The van der Waals surface area contributed by atoms with Gasteiger partial charge in [0.25, 0.3) is 0 Å². The van der Waals surface area contributed by atoms with Crippen molar-refractivity contribution in [1.29, 1.82) is 0 Å². The van der Waals surface area contributed by atoms with Gasteiger partial charge in [-0.3, -0.25) is 0 Å². The summed E-state index contributed by atoms with van der Waals surface area (Å²) in [5.41, 5.74) is 7.28. The van der Waals surface area contributed by atoms with E-state index >= 15 is 0 Å². The van der Waals surface area contributed by atoms with Crippen molar-refractivity contribution < 1.29 is 5.21 Å². The summed E-state index contributed by atoms with van der Waals surface area (Å²) in [5.74, 6) is 1.65. The van der Waals surface area contributed by atoms with E-state index in [-0.39, 0.29) is 5.84 Å². The fourth-order valence-electron chi connectivity index (χ4n) is 2.77. The molecule has 1 aromatic heterocycles. The van der Waals surface area contributed by atoms with Gasteiger partial charge < -0.3 is 15.8 Å². The Morgan fingerprint density at radius 1 is 1.53 bits per heavy atom. The van der Waals surface area contributed by atoms with Crippen LogP contribution in [0.15, 0.2) is 17.3 Å². The Labute approximate surface area is 114 Å². The number of amidine groups is 1. The van der Waals surface area contributed by atoms with Crippen LogP contribution in [0.25, 0.3) is 0 Å². The molecule has 5 heteroatoms. The minimum atomic E-state index is 0.132. The molecular formula is C14H22N4O. The molecular weight excluding hydrogens is 240 g/mol. The third kappa shape index (κ3) is 2.80. The summed E-state index contributed by atoms with van der Waals surface area (Å²) in [6.07, 6.45) is 2.39. The number of oxime groups is 1. The maximum atomic E-state index is 8.80. The molecule has 0 spiro atoms. The molecule has 2 rings (SSSR count). The number of hydrogen-bond donors (Lipinski definition) is 2. The number of hydrogen-bond acceptors (Lipinski definition) is 4. The lowest BCUT2D eigenvalue weighted by Crippen LogP contribution is -2.34. The van der Waals surface area contributed by atoms with Gasteiger partial charge in [-0.2, -0.15) is 0 Å². The van der Waals surface area contributed by atoms with Crippen LogP contribution in [0.3, 0.4) is 0 Å². The summed E-state index contributed by atoms with van der Waals surface area (Å²) in [6, 6.07) is 4.26. The predicted octanol–water partition coefficient (Wildman–Crippen LogP) is 2.11. The normalized spacial score (nSPS) is 20.3. The first-order valence-corrected chi connectivity index (χ1v) is 6.76. The van der Waals surface area contributed by atoms with Gasteiger partial charge in [0.2, 0.25) is 0 Å². The number of anilines is 1. The van der Waals surface area contributed by atoms with E-state index in [1.165, 1.54) is 12.8 Å². The summed E-state index contributed by atoms with van der Waals surface area (Å²) in [5, 5.41) is 11.9. The van der Waals surface area contributed by atoms with E-state index in [9.17, 15) is 0 Å². The highest BCUT2D eigenvalue weighted by molar-refractivity contribution is 5.97. The van der Waals surface area contributed by atoms with Gasteiger partial charge in [0, 0.05) is 23.8 Å². The number of rotatable bonds is 3. The second-order valence-electron chi connectivity index (χ2n) is 5.49. The second kappa shape index (κ2) is 5.47. The maximum absolute atomic E-state index is 8.80. The van der Waals surface area contributed by atoms with Crippen LogP contribution in [0.4, 0.5) is 5.82 Å². The average molecular weight is 262 g/mol. The molecule has 1 atom stereocenters. The third-order valence-corrected chi connectivity index (χ3v) is 3.71. The molecule has 19 heavy (non-hydrogen) atoms. The van der Waals surface area contributed by atoms with Crippen molar-refractivity contribution in [2.75, 3.05) is 11.4 Å². The molecule has 2 heterocycles. The zero-order valence-electron chi connectivity index (χ0n) is 11.8. The smallest absolute Gasteiger partial charge is 0.170 e. The lowest BCUT2D eigenvalue weighted by atomic mass is 10.0. The van der Waals surface area contributed by atoms with Crippen molar-refractivity contribution in [1.82, 2.24) is 4.98 Å². The Bertz CT molecular complexity index is 484. The Morgan fingerprint density at radius 3 is 2.89 bits per heavy atom. The molecule has 0 saturated carbocycles. The van der Waals surface area contributed by atoms with E-state index in [1.54, 1.807) is 0 Å². The molecule has 1 unspecified atom stereocenters. The molecule has 1 aliphatic rings. The van der Waals surface area contributed by atoms with E-state index in [2.05, 4.69) is 28.9 Å². The van der Waals surface area contributed by atoms with Crippen LogP contribution in [0.1, 0.15) is 37.9 Å². The Hall–Kier alpha value is -1.78. The first kappa shape index (κ1) is 13.6. The minimum Gasteiger partial charge on any atom is -0.409 e. The molecule has 0 aromatic carbocycles. The summed E-state index contributed by atoms with van der Waals surface area (Å²) in [7, 11) is 0. The van der Waals surface area contributed by atoms with Gasteiger partial charge in [-0.1, -0.05) is 19.0 Å². The first-order chi connectivity index (χ1) is 9.02. The zero-order valence-corrected chi connectivity index (χ0v) is 11.8. The molecule has 0 radical (unpaired) electrons. The molecule has 104 valence electrons. The highest BCUT2D eigenvalue weighted by atomic mass is 16.4. The topological polar surface area (TPSA) is 74.7 Å². The lowest BCUT2D eigenvalue weighted by molar-refractivity contribution is 0.318. The maximum Gasteiger partial charge on any atom is 0.170 e. The fraction of sp³-hybridized carbons (Fsp3) is 0.571. The molecule has 0 amide bonds. The van der Waals surface area contributed by atoms with Crippen molar-refractivity contribution in [3.8, 4) is 0 Å². The molecule has 0 bridgehead atoms. The monoisotopic (exact) mass is 262 g/mol. The summed E-state index contributed by atoms with van der Waals surface area (Å²) < 4.78 is 0. The zero-order chi connectivity index (χ0) is 14.0. The lowest BCUT2D eigenvalue weighted by Gasteiger charge is -2.29. The number of nitrogens with zero attached hydrogens (tertiary/aromatic N) is 3. The number of aromatic nitrogens is 1. The number of nitrogens with two attached hydrogens (primary N) is 1. The molecule has 1 aromatic rings. The highest BCUT2D eigenvalue weighted by Crippen LogP contribution is 2.29. The van der Waals surface area contributed by atoms with E-state index in [0.29, 0.717) is 12.0 Å². The van der Waals surface area contributed by atoms with Gasteiger partial charge in [-0.05, 0) is 37.8 Å². The van der Waals surface area contributed by atoms with Gasteiger partial charge >= 0.3 is 0 Å². The van der Waals surface area contributed by atoms with E-state index < -0.39 is 0 Å². The van der Waals surface area contributed by atoms with E-state index in [1.807, 2.05) is 19.1 Å². The van der Waals surface area contributed by atoms with E-state index in [0.717, 1.165) is 23.6 Å². The summed E-state index contributed by atoms with van der Waals surface area (Å²) >= 11 is 0. The third-order valence-electron chi connectivity index (χ3n) is 3.71. The molecule has 1 aliphatic heterocycles. The first-order valence-electron chi connectivity index (χ1n) is 6.76. The van der Waals surface area contributed by atoms with Crippen LogP contribution in [0.2, 0.25) is 0 Å². The van der Waals surface area contributed by atoms with Crippen LogP contribution in [-0.2, 0) is 0 Å². The SMILES string of the molecule is Cc1cc(/C(N)=N/O)cc(N2CCCC2C(C)C)n1. The second-order valence-corrected chi connectivity index (χ2v) is 5.49. The van der Waals surface area contributed by atoms with Crippen molar-refractivity contribution in [2.24, 2.45) is 16.8 Å². The van der Waals surface area contributed by atoms with Crippen LogP contribution < -0.4 is 10.6 Å². The van der Waals surface area contributed by atoms with Crippen LogP contribution in [0, 0.1) is 12.8 Å². The molecule has 1 saturated heterocycles.